The molecule has 0 radical (unpaired) electrons. The minimum atomic E-state index is -0.647. The first-order valence-electron chi connectivity index (χ1n) is 5.39. The van der Waals surface area contributed by atoms with Crippen LogP contribution in [0.1, 0.15) is 0 Å². The zero-order valence-electron chi connectivity index (χ0n) is 9.86. The molecular formula is C12H13F2N3O. The highest BCUT2D eigenvalue weighted by Gasteiger charge is 2.13. The van der Waals surface area contributed by atoms with E-state index in [1.165, 1.54) is 6.20 Å². The largest absolute Gasteiger partial charge is 0.396 e. The van der Waals surface area contributed by atoms with Gasteiger partial charge in [-0.15, -0.1) is 0 Å². The summed E-state index contributed by atoms with van der Waals surface area (Å²) in [5.74, 6) is -1.22. The Bertz CT molecular complexity index is 554. The lowest BCUT2D eigenvalue weighted by Crippen LogP contribution is -2.08. The van der Waals surface area contributed by atoms with E-state index in [0.717, 1.165) is 12.1 Å². The van der Waals surface area contributed by atoms with E-state index in [1.807, 2.05) is 0 Å². The smallest absolute Gasteiger partial charge is 0.146 e. The second-order valence-corrected chi connectivity index (χ2v) is 3.79. The van der Waals surface area contributed by atoms with Crippen LogP contribution in [0.15, 0.2) is 24.4 Å². The SMILES string of the molecule is COCCn1nccc1-c1cc(F)c(N)cc1F. The Balaban J connectivity index is 2.42. The molecule has 2 N–H and O–H groups in total. The van der Waals surface area contributed by atoms with Crippen molar-refractivity contribution < 1.29 is 13.5 Å². The topological polar surface area (TPSA) is 53.1 Å². The van der Waals surface area contributed by atoms with Gasteiger partial charge in [0.15, 0.2) is 0 Å². The van der Waals surface area contributed by atoms with Crippen LogP contribution >= 0.6 is 0 Å². The molecule has 0 bridgehead atoms. The van der Waals surface area contributed by atoms with Crippen LogP contribution in [0.2, 0.25) is 0 Å². The van der Waals surface area contributed by atoms with Crippen molar-refractivity contribution in [2.75, 3.05) is 19.5 Å². The zero-order valence-corrected chi connectivity index (χ0v) is 9.86. The van der Waals surface area contributed by atoms with Gasteiger partial charge in [0.1, 0.15) is 11.6 Å². The van der Waals surface area contributed by atoms with Crippen molar-refractivity contribution in [2.45, 2.75) is 6.54 Å². The number of anilines is 1. The van der Waals surface area contributed by atoms with Gasteiger partial charge in [0, 0.05) is 24.9 Å². The first kappa shape index (κ1) is 12.5. The molecule has 0 amide bonds. The van der Waals surface area contributed by atoms with Gasteiger partial charge in [0.2, 0.25) is 0 Å². The minimum absolute atomic E-state index is 0.135. The number of nitrogens with two attached hydrogens (primary N) is 1. The van der Waals surface area contributed by atoms with Crippen LogP contribution in [0.25, 0.3) is 11.3 Å². The number of benzene rings is 1. The number of hydrogen-bond acceptors (Lipinski definition) is 3. The summed E-state index contributed by atoms with van der Waals surface area (Å²) >= 11 is 0. The van der Waals surface area contributed by atoms with Gasteiger partial charge >= 0.3 is 0 Å². The molecule has 0 saturated carbocycles. The molecule has 1 aromatic heterocycles. The second-order valence-electron chi connectivity index (χ2n) is 3.79. The molecule has 6 heteroatoms. The normalized spacial score (nSPS) is 10.8. The van der Waals surface area contributed by atoms with Crippen molar-refractivity contribution in [3.8, 4) is 11.3 Å². The van der Waals surface area contributed by atoms with Crippen molar-refractivity contribution in [3.05, 3.63) is 36.0 Å². The fraction of sp³-hybridized carbons (Fsp3) is 0.250. The summed E-state index contributed by atoms with van der Waals surface area (Å²) in [5, 5.41) is 4.04. The average Bonchev–Trinajstić information content (AvgIpc) is 2.79. The fourth-order valence-electron chi connectivity index (χ4n) is 1.68. The van der Waals surface area contributed by atoms with Gasteiger partial charge in [0.05, 0.1) is 24.5 Å². The molecule has 0 saturated heterocycles. The third kappa shape index (κ3) is 2.33. The quantitative estimate of drug-likeness (QED) is 0.848. The summed E-state index contributed by atoms with van der Waals surface area (Å²) in [4.78, 5) is 0. The Morgan fingerprint density at radius 2 is 2.11 bits per heavy atom. The van der Waals surface area contributed by atoms with Crippen molar-refractivity contribution in [1.29, 1.82) is 0 Å². The number of halogens is 2. The molecule has 2 aromatic rings. The number of rotatable bonds is 4. The number of nitrogens with zero attached hydrogens (tertiary/aromatic N) is 2. The van der Waals surface area contributed by atoms with Crippen molar-refractivity contribution in [3.63, 3.8) is 0 Å². The summed E-state index contributed by atoms with van der Waals surface area (Å²) in [7, 11) is 1.56. The maximum Gasteiger partial charge on any atom is 0.146 e. The summed E-state index contributed by atoms with van der Waals surface area (Å²) in [6.07, 6.45) is 1.53. The van der Waals surface area contributed by atoms with Gasteiger partial charge in [-0.3, -0.25) is 4.68 Å². The summed E-state index contributed by atoms with van der Waals surface area (Å²) in [5.41, 5.74) is 5.72. The Kier molecular flexibility index (Phi) is 3.57. The third-order valence-electron chi connectivity index (χ3n) is 2.59. The summed E-state index contributed by atoms with van der Waals surface area (Å²) in [6.45, 7) is 0.901. The van der Waals surface area contributed by atoms with Gasteiger partial charge in [0.25, 0.3) is 0 Å². The maximum absolute atomic E-state index is 13.8. The van der Waals surface area contributed by atoms with E-state index in [9.17, 15) is 8.78 Å². The maximum atomic E-state index is 13.8. The number of hydrogen-bond donors (Lipinski definition) is 1. The Morgan fingerprint density at radius 1 is 1.33 bits per heavy atom. The molecule has 0 spiro atoms. The highest BCUT2D eigenvalue weighted by atomic mass is 19.1. The van der Waals surface area contributed by atoms with Crippen molar-refractivity contribution in [2.24, 2.45) is 0 Å². The van der Waals surface area contributed by atoms with Gasteiger partial charge in [-0.1, -0.05) is 0 Å². The lowest BCUT2D eigenvalue weighted by Gasteiger charge is -2.09. The van der Waals surface area contributed by atoms with Crippen LogP contribution in [-0.4, -0.2) is 23.5 Å². The van der Waals surface area contributed by atoms with E-state index in [4.69, 9.17) is 10.5 Å². The minimum Gasteiger partial charge on any atom is -0.396 e. The molecule has 96 valence electrons. The third-order valence-corrected chi connectivity index (χ3v) is 2.59. The first-order chi connectivity index (χ1) is 8.63. The monoisotopic (exact) mass is 253 g/mol. The van der Waals surface area contributed by atoms with Gasteiger partial charge in [-0.25, -0.2) is 8.78 Å². The standard InChI is InChI=1S/C12H13F2N3O/c1-18-5-4-17-12(2-3-16-17)8-6-10(14)11(15)7-9(8)13/h2-3,6-7H,4-5,15H2,1H3. The van der Waals surface area contributed by atoms with E-state index >= 15 is 0 Å². The van der Waals surface area contributed by atoms with E-state index in [2.05, 4.69) is 5.10 Å². The molecule has 1 aromatic carbocycles. The Morgan fingerprint density at radius 3 is 2.83 bits per heavy atom. The van der Waals surface area contributed by atoms with E-state index < -0.39 is 11.6 Å². The Labute approximate surface area is 103 Å². The van der Waals surface area contributed by atoms with Gasteiger partial charge < -0.3 is 10.5 Å². The van der Waals surface area contributed by atoms with Crippen LogP contribution in [0.5, 0.6) is 0 Å². The molecule has 0 atom stereocenters. The summed E-state index contributed by atoms with van der Waals surface area (Å²) in [6, 6.07) is 3.66. The molecular weight excluding hydrogens is 240 g/mol. The summed E-state index contributed by atoms with van der Waals surface area (Å²) < 4.78 is 33.6. The molecule has 0 fully saturated rings. The van der Waals surface area contributed by atoms with Gasteiger partial charge in [-0.05, 0) is 12.1 Å². The van der Waals surface area contributed by atoms with Crippen LogP contribution in [-0.2, 0) is 11.3 Å². The van der Waals surface area contributed by atoms with E-state index in [0.29, 0.717) is 18.8 Å². The number of aromatic nitrogens is 2. The number of methoxy groups -OCH3 is 1. The van der Waals surface area contributed by atoms with Crippen LogP contribution in [0.4, 0.5) is 14.5 Å². The van der Waals surface area contributed by atoms with Crippen molar-refractivity contribution >= 4 is 5.69 Å². The Hall–Kier alpha value is -1.95. The predicted molar refractivity (Wildman–Crippen MR) is 63.9 cm³/mol. The first-order valence-corrected chi connectivity index (χ1v) is 5.39. The van der Waals surface area contributed by atoms with Crippen LogP contribution in [0, 0.1) is 11.6 Å². The van der Waals surface area contributed by atoms with Crippen LogP contribution in [0.3, 0.4) is 0 Å². The highest BCUT2D eigenvalue weighted by molar-refractivity contribution is 5.63. The van der Waals surface area contributed by atoms with Crippen molar-refractivity contribution in [1.82, 2.24) is 9.78 Å². The molecule has 4 nitrogen and oxygen atoms in total. The second kappa shape index (κ2) is 5.14. The molecule has 0 aliphatic carbocycles. The number of ether oxygens (including phenoxy) is 1. The van der Waals surface area contributed by atoms with Crippen LogP contribution < -0.4 is 5.73 Å². The highest BCUT2D eigenvalue weighted by Crippen LogP contribution is 2.26. The van der Waals surface area contributed by atoms with E-state index in [1.54, 1.807) is 17.9 Å². The van der Waals surface area contributed by atoms with Gasteiger partial charge in [-0.2, -0.15) is 5.10 Å². The molecule has 0 aliphatic rings. The average molecular weight is 253 g/mol. The van der Waals surface area contributed by atoms with E-state index in [-0.39, 0.29) is 11.3 Å². The fourth-order valence-corrected chi connectivity index (χ4v) is 1.68. The lowest BCUT2D eigenvalue weighted by molar-refractivity contribution is 0.184. The molecule has 0 unspecified atom stereocenters. The predicted octanol–water partition coefficient (Wildman–Crippen LogP) is 2.06. The molecule has 1 heterocycles. The zero-order chi connectivity index (χ0) is 13.1. The molecule has 18 heavy (non-hydrogen) atoms. The lowest BCUT2D eigenvalue weighted by atomic mass is 10.1. The molecule has 0 aliphatic heterocycles. The number of nitrogen functional groups attached to an aromatic ring is 1. The molecule has 2 rings (SSSR count).